The van der Waals surface area contributed by atoms with Crippen molar-refractivity contribution in [2.75, 3.05) is 49.2 Å². The number of unbranched alkanes of at least 4 members (excludes halogenated alkanes) is 1. The van der Waals surface area contributed by atoms with E-state index in [1.807, 2.05) is 48.6 Å². The highest BCUT2D eigenvalue weighted by Gasteiger charge is 2.71. The van der Waals surface area contributed by atoms with Gasteiger partial charge in [-0.3, -0.25) is 14.4 Å². The van der Waals surface area contributed by atoms with Crippen molar-refractivity contribution < 1.29 is 24.2 Å². The molecule has 1 aromatic carbocycles. The van der Waals surface area contributed by atoms with Crippen molar-refractivity contribution in [2.24, 2.45) is 11.8 Å². The van der Waals surface area contributed by atoms with E-state index in [2.05, 4.69) is 18.7 Å². The second-order valence-electron chi connectivity index (χ2n) is 9.90. The van der Waals surface area contributed by atoms with E-state index in [0.717, 1.165) is 24.5 Å². The molecular formula is C28H35N3O5S. The predicted octanol–water partition coefficient (Wildman–Crippen LogP) is 2.62. The summed E-state index contributed by atoms with van der Waals surface area (Å²) in [6.45, 7) is 7.00. The SMILES string of the molecule is CCN(CC)c1ccc(N2CC=C[C@]34S[C@@H]5C=CCOC(=O)[C@@H]5[C@H]3C(=O)N(CCCCO)C4C2=O)cc1. The number of ether oxygens (including phenoxy) is 1. The van der Waals surface area contributed by atoms with E-state index in [1.165, 1.54) is 0 Å². The molecule has 4 aliphatic rings. The van der Waals surface area contributed by atoms with Gasteiger partial charge in [0.1, 0.15) is 12.6 Å². The van der Waals surface area contributed by atoms with Gasteiger partial charge in [0.2, 0.25) is 5.91 Å². The number of esters is 1. The van der Waals surface area contributed by atoms with Gasteiger partial charge in [-0.2, -0.15) is 0 Å². The third kappa shape index (κ3) is 4.26. The zero-order valence-corrected chi connectivity index (χ0v) is 22.2. The number of cyclic esters (lactones) is 1. The Morgan fingerprint density at radius 2 is 1.84 bits per heavy atom. The number of amides is 2. The molecule has 4 aliphatic heterocycles. The minimum atomic E-state index is -0.848. The number of nitrogens with zero attached hydrogens (tertiary/aromatic N) is 3. The Hall–Kier alpha value is -2.78. The molecule has 4 heterocycles. The van der Waals surface area contributed by atoms with Crippen LogP contribution in [0.1, 0.15) is 26.7 Å². The third-order valence-corrected chi connectivity index (χ3v) is 9.75. The standard InChI is InChI=1S/C28H35N3O5S/c1-3-29(4-2)19-10-12-20(13-11-19)30-16-8-14-28-23(22-21(37-28)9-7-18-36-27(22)35)25(33)31(15-5-6-17-32)24(28)26(30)34/h7-14,21-24,32H,3-6,15-18H2,1-2H3/t21-,22+,23+,24?,28+/m1/s1. The number of aliphatic hydroxyl groups excluding tert-OH is 1. The molecular weight excluding hydrogens is 490 g/mol. The second-order valence-corrected chi connectivity index (χ2v) is 11.4. The number of anilines is 2. The number of carbonyl (C=O) groups excluding carboxylic acids is 3. The number of benzene rings is 1. The van der Waals surface area contributed by atoms with Crippen molar-refractivity contribution in [3.05, 3.63) is 48.6 Å². The molecule has 2 fully saturated rings. The van der Waals surface area contributed by atoms with Gasteiger partial charge in [0.15, 0.2) is 0 Å². The third-order valence-electron chi connectivity index (χ3n) is 8.01. The van der Waals surface area contributed by atoms with E-state index in [0.29, 0.717) is 25.9 Å². The summed E-state index contributed by atoms with van der Waals surface area (Å²) >= 11 is 1.55. The van der Waals surface area contributed by atoms with E-state index >= 15 is 0 Å². The van der Waals surface area contributed by atoms with Crippen molar-refractivity contribution in [1.29, 1.82) is 0 Å². The molecule has 0 aromatic heterocycles. The molecule has 1 aromatic rings. The molecule has 0 aliphatic carbocycles. The summed E-state index contributed by atoms with van der Waals surface area (Å²) in [6.07, 6.45) is 8.90. The van der Waals surface area contributed by atoms with Crippen LogP contribution in [-0.2, 0) is 19.1 Å². The Morgan fingerprint density at radius 3 is 2.54 bits per heavy atom. The Labute approximate surface area is 222 Å². The van der Waals surface area contributed by atoms with Crippen LogP contribution in [0.15, 0.2) is 48.6 Å². The maximum Gasteiger partial charge on any atom is 0.311 e. The average molecular weight is 526 g/mol. The molecule has 1 unspecified atom stereocenters. The number of fused-ring (bicyclic) bond motifs is 2. The Balaban J connectivity index is 1.53. The van der Waals surface area contributed by atoms with Crippen LogP contribution in [-0.4, -0.2) is 83.2 Å². The maximum absolute atomic E-state index is 14.3. The molecule has 198 valence electrons. The van der Waals surface area contributed by atoms with Crippen LogP contribution < -0.4 is 9.80 Å². The molecule has 0 bridgehead atoms. The van der Waals surface area contributed by atoms with Gasteiger partial charge in [-0.25, -0.2) is 0 Å². The quantitative estimate of drug-likeness (QED) is 0.317. The van der Waals surface area contributed by atoms with Crippen molar-refractivity contribution in [3.63, 3.8) is 0 Å². The van der Waals surface area contributed by atoms with Gasteiger partial charge in [-0.1, -0.05) is 24.3 Å². The summed E-state index contributed by atoms with van der Waals surface area (Å²) in [7, 11) is 0. The number of thioether (sulfide) groups is 1. The van der Waals surface area contributed by atoms with Gasteiger partial charge in [0, 0.05) is 49.4 Å². The van der Waals surface area contributed by atoms with Crippen LogP contribution in [0, 0.1) is 11.8 Å². The van der Waals surface area contributed by atoms with E-state index in [-0.39, 0.29) is 36.2 Å². The predicted molar refractivity (Wildman–Crippen MR) is 145 cm³/mol. The summed E-state index contributed by atoms with van der Waals surface area (Å²) in [4.78, 5) is 46.9. The minimum absolute atomic E-state index is 0.0245. The summed E-state index contributed by atoms with van der Waals surface area (Å²) in [5, 5.41) is 9.12. The first-order valence-electron chi connectivity index (χ1n) is 13.2. The van der Waals surface area contributed by atoms with Crippen LogP contribution in [0.2, 0.25) is 0 Å². The number of carbonyl (C=O) groups is 3. The van der Waals surface area contributed by atoms with Crippen LogP contribution in [0.3, 0.4) is 0 Å². The molecule has 5 atom stereocenters. The highest BCUT2D eigenvalue weighted by atomic mass is 32.2. The zero-order valence-electron chi connectivity index (χ0n) is 21.4. The van der Waals surface area contributed by atoms with Gasteiger partial charge in [-0.15, -0.1) is 11.8 Å². The summed E-state index contributed by atoms with van der Waals surface area (Å²) in [5.41, 5.74) is 1.88. The number of hydrogen-bond acceptors (Lipinski definition) is 7. The molecule has 1 spiro atoms. The van der Waals surface area contributed by atoms with E-state index in [1.54, 1.807) is 21.6 Å². The van der Waals surface area contributed by atoms with Crippen LogP contribution >= 0.6 is 11.8 Å². The molecule has 2 saturated heterocycles. The molecule has 5 rings (SSSR count). The van der Waals surface area contributed by atoms with Crippen LogP contribution in [0.4, 0.5) is 11.4 Å². The van der Waals surface area contributed by atoms with Gasteiger partial charge in [-0.05, 0) is 51.0 Å². The van der Waals surface area contributed by atoms with Crippen molar-refractivity contribution in [1.82, 2.24) is 4.90 Å². The monoisotopic (exact) mass is 525 g/mol. The minimum Gasteiger partial charge on any atom is -0.461 e. The lowest BCUT2D eigenvalue weighted by Gasteiger charge is -2.35. The normalized spacial score (nSPS) is 30.5. The maximum atomic E-state index is 14.3. The molecule has 1 N–H and O–H groups in total. The number of likely N-dealkylation sites (tertiary alicyclic amines) is 1. The van der Waals surface area contributed by atoms with Crippen LogP contribution in [0.5, 0.6) is 0 Å². The molecule has 37 heavy (non-hydrogen) atoms. The van der Waals surface area contributed by atoms with Gasteiger partial charge >= 0.3 is 5.97 Å². The lowest BCUT2D eigenvalue weighted by atomic mass is 9.78. The van der Waals surface area contributed by atoms with Crippen molar-refractivity contribution >= 4 is 40.9 Å². The lowest BCUT2D eigenvalue weighted by Crippen LogP contribution is -2.53. The Kier molecular flexibility index (Phi) is 7.36. The first-order chi connectivity index (χ1) is 18.0. The molecule has 0 saturated carbocycles. The van der Waals surface area contributed by atoms with E-state index in [4.69, 9.17) is 4.74 Å². The largest absolute Gasteiger partial charge is 0.461 e. The number of hydrogen-bond donors (Lipinski definition) is 1. The fourth-order valence-corrected chi connectivity index (χ4v) is 8.27. The number of rotatable bonds is 8. The lowest BCUT2D eigenvalue weighted by molar-refractivity contribution is -0.151. The highest BCUT2D eigenvalue weighted by molar-refractivity contribution is 8.02. The molecule has 9 heteroatoms. The van der Waals surface area contributed by atoms with Crippen molar-refractivity contribution in [2.45, 2.75) is 42.7 Å². The summed E-state index contributed by atoms with van der Waals surface area (Å²) in [5.74, 6) is -1.97. The van der Waals surface area contributed by atoms with Gasteiger partial charge in [0.05, 0.1) is 16.6 Å². The zero-order chi connectivity index (χ0) is 26.2. The highest BCUT2D eigenvalue weighted by Crippen LogP contribution is 2.61. The van der Waals surface area contributed by atoms with Gasteiger partial charge in [0.25, 0.3) is 5.91 Å². The summed E-state index contributed by atoms with van der Waals surface area (Å²) in [6, 6.07) is 7.26. The van der Waals surface area contributed by atoms with E-state index < -0.39 is 22.6 Å². The first kappa shape index (κ1) is 25.9. The smallest absolute Gasteiger partial charge is 0.311 e. The molecule has 8 nitrogen and oxygen atoms in total. The average Bonchev–Trinajstić information content (AvgIpc) is 3.19. The Morgan fingerprint density at radius 1 is 1.08 bits per heavy atom. The number of aliphatic hydroxyl groups is 1. The second kappa shape index (κ2) is 10.5. The van der Waals surface area contributed by atoms with Crippen LogP contribution in [0.25, 0.3) is 0 Å². The fraction of sp³-hybridized carbons (Fsp3) is 0.536. The summed E-state index contributed by atoms with van der Waals surface area (Å²) < 4.78 is 4.57. The molecule has 2 amide bonds. The Bertz CT molecular complexity index is 1100. The topological polar surface area (TPSA) is 90.4 Å². The van der Waals surface area contributed by atoms with Gasteiger partial charge < -0.3 is 24.5 Å². The van der Waals surface area contributed by atoms with E-state index in [9.17, 15) is 19.5 Å². The fourth-order valence-electron chi connectivity index (χ4n) is 6.27. The first-order valence-corrected chi connectivity index (χ1v) is 14.1. The van der Waals surface area contributed by atoms with Crippen molar-refractivity contribution in [3.8, 4) is 0 Å². The molecule has 0 radical (unpaired) electrons.